The number of hydrogen-bond acceptors (Lipinski definition) is 5. The predicted molar refractivity (Wildman–Crippen MR) is 164 cm³/mol. The summed E-state index contributed by atoms with van der Waals surface area (Å²) in [7, 11) is -2.45. The summed E-state index contributed by atoms with van der Waals surface area (Å²) in [4.78, 5) is 29.4. The number of benzene rings is 3. The highest BCUT2D eigenvalue weighted by Crippen LogP contribution is 2.30. The summed E-state index contributed by atoms with van der Waals surface area (Å²) in [6, 6.07) is 20.6. The van der Waals surface area contributed by atoms with Crippen molar-refractivity contribution in [1.29, 1.82) is 0 Å². The lowest BCUT2D eigenvalue weighted by Crippen LogP contribution is -2.54. The standard InChI is InChI=1S/C31H38ClN3O5S/c1-6-23(3)33-31(37)28(18-24-13-8-7-9-14-24)34(20-25-15-11-10-12-22(25)2)30(36)21-35(41(5,38)39)26-16-17-29(40-4)27(32)19-26/h7-17,19,23,28H,6,18,20-21H2,1-5H3,(H,33,37)/t23-,28-/m0/s1. The lowest BCUT2D eigenvalue weighted by atomic mass is 10.0. The van der Waals surface area contributed by atoms with Crippen LogP contribution in [-0.2, 0) is 32.6 Å². The molecule has 3 aromatic carbocycles. The molecule has 0 heterocycles. The van der Waals surface area contributed by atoms with Crippen LogP contribution >= 0.6 is 11.6 Å². The van der Waals surface area contributed by atoms with E-state index in [0.29, 0.717) is 5.75 Å². The first-order chi connectivity index (χ1) is 19.4. The molecule has 3 rings (SSSR count). The number of ether oxygens (including phenoxy) is 1. The summed E-state index contributed by atoms with van der Waals surface area (Å²) in [5, 5.41) is 3.23. The summed E-state index contributed by atoms with van der Waals surface area (Å²) < 4.78 is 32.1. The Hall–Kier alpha value is -3.56. The first-order valence-corrected chi connectivity index (χ1v) is 15.7. The Bertz CT molecular complexity index is 1450. The molecule has 0 radical (unpaired) electrons. The quantitative estimate of drug-likeness (QED) is 0.299. The van der Waals surface area contributed by atoms with Gasteiger partial charge in [0.25, 0.3) is 0 Å². The largest absolute Gasteiger partial charge is 0.495 e. The summed E-state index contributed by atoms with van der Waals surface area (Å²) >= 11 is 6.30. The summed E-state index contributed by atoms with van der Waals surface area (Å²) in [5.41, 5.74) is 2.90. The molecule has 0 spiro atoms. The maximum absolute atomic E-state index is 14.2. The van der Waals surface area contributed by atoms with Crippen molar-refractivity contribution in [2.45, 2.75) is 52.2 Å². The van der Waals surface area contributed by atoms with Crippen LogP contribution < -0.4 is 14.4 Å². The smallest absolute Gasteiger partial charge is 0.244 e. The van der Waals surface area contributed by atoms with Gasteiger partial charge < -0.3 is 15.0 Å². The van der Waals surface area contributed by atoms with Gasteiger partial charge in [0.15, 0.2) is 0 Å². The Morgan fingerprint density at radius 3 is 2.27 bits per heavy atom. The molecular formula is C31H38ClN3O5S. The second-order valence-electron chi connectivity index (χ2n) is 10.1. The molecule has 41 heavy (non-hydrogen) atoms. The number of methoxy groups -OCH3 is 1. The first-order valence-electron chi connectivity index (χ1n) is 13.4. The second kappa shape index (κ2) is 14.4. The fourth-order valence-corrected chi connectivity index (χ4v) is 5.48. The van der Waals surface area contributed by atoms with Crippen LogP contribution in [0.15, 0.2) is 72.8 Å². The van der Waals surface area contributed by atoms with Crippen LogP contribution in [0.3, 0.4) is 0 Å². The van der Waals surface area contributed by atoms with Crippen LogP contribution in [0.25, 0.3) is 0 Å². The molecular weight excluding hydrogens is 562 g/mol. The minimum atomic E-state index is -3.91. The number of hydrogen-bond donors (Lipinski definition) is 1. The summed E-state index contributed by atoms with van der Waals surface area (Å²) in [6.07, 6.45) is 2.00. The van der Waals surface area contributed by atoms with Gasteiger partial charge >= 0.3 is 0 Å². The van der Waals surface area contributed by atoms with E-state index < -0.39 is 28.5 Å². The Balaban J connectivity index is 2.08. The molecule has 0 unspecified atom stereocenters. The van der Waals surface area contributed by atoms with E-state index in [1.807, 2.05) is 75.4 Å². The Morgan fingerprint density at radius 2 is 1.68 bits per heavy atom. The van der Waals surface area contributed by atoms with Crippen molar-refractivity contribution >= 4 is 39.1 Å². The minimum absolute atomic E-state index is 0.106. The predicted octanol–water partition coefficient (Wildman–Crippen LogP) is 4.98. The Morgan fingerprint density at radius 1 is 1.02 bits per heavy atom. The average molecular weight is 600 g/mol. The van der Waals surface area contributed by atoms with Crippen molar-refractivity contribution in [3.8, 4) is 5.75 Å². The first kappa shape index (κ1) is 32.0. The molecule has 0 aromatic heterocycles. The van der Waals surface area contributed by atoms with Crippen molar-refractivity contribution in [2.24, 2.45) is 0 Å². The highest BCUT2D eigenvalue weighted by molar-refractivity contribution is 7.92. The van der Waals surface area contributed by atoms with Gasteiger partial charge in [-0.05, 0) is 55.2 Å². The summed E-state index contributed by atoms with van der Waals surface area (Å²) in [5.74, 6) is -0.449. The molecule has 0 aliphatic carbocycles. The van der Waals surface area contributed by atoms with Crippen molar-refractivity contribution in [1.82, 2.24) is 10.2 Å². The number of halogens is 1. The lowest BCUT2D eigenvalue weighted by molar-refractivity contribution is -0.140. The molecule has 8 nitrogen and oxygen atoms in total. The molecule has 2 amide bonds. The van der Waals surface area contributed by atoms with Gasteiger partial charge in [0, 0.05) is 19.0 Å². The molecule has 2 atom stereocenters. The van der Waals surface area contributed by atoms with Crippen LogP contribution in [0.2, 0.25) is 5.02 Å². The molecule has 0 aliphatic rings. The van der Waals surface area contributed by atoms with E-state index in [-0.39, 0.29) is 35.6 Å². The molecule has 10 heteroatoms. The highest BCUT2D eigenvalue weighted by atomic mass is 35.5. The van der Waals surface area contributed by atoms with E-state index in [9.17, 15) is 18.0 Å². The van der Waals surface area contributed by atoms with E-state index in [1.54, 1.807) is 6.07 Å². The maximum atomic E-state index is 14.2. The van der Waals surface area contributed by atoms with E-state index in [2.05, 4.69) is 5.32 Å². The minimum Gasteiger partial charge on any atom is -0.495 e. The van der Waals surface area contributed by atoms with Gasteiger partial charge in [-0.2, -0.15) is 0 Å². The zero-order valence-corrected chi connectivity index (χ0v) is 25.7. The number of nitrogens with one attached hydrogen (secondary N) is 1. The van der Waals surface area contributed by atoms with Gasteiger partial charge in [-0.25, -0.2) is 8.42 Å². The van der Waals surface area contributed by atoms with Gasteiger partial charge in [-0.15, -0.1) is 0 Å². The maximum Gasteiger partial charge on any atom is 0.244 e. The van der Waals surface area contributed by atoms with Gasteiger partial charge in [0.05, 0.1) is 24.1 Å². The highest BCUT2D eigenvalue weighted by Gasteiger charge is 2.33. The molecule has 0 saturated carbocycles. The lowest BCUT2D eigenvalue weighted by Gasteiger charge is -2.34. The second-order valence-corrected chi connectivity index (χ2v) is 12.4. The molecule has 0 bridgehead atoms. The topological polar surface area (TPSA) is 96.0 Å². The fourth-order valence-electron chi connectivity index (χ4n) is 4.39. The zero-order chi connectivity index (χ0) is 30.2. The van der Waals surface area contributed by atoms with E-state index in [1.165, 1.54) is 24.1 Å². The number of rotatable bonds is 13. The Labute approximate surface area is 248 Å². The number of anilines is 1. The molecule has 0 aliphatic heterocycles. The Kier molecular flexibility index (Phi) is 11.2. The third-order valence-corrected chi connectivity index (χ3v) is 8.41. The zero-order valence-electron chi connectivity index (χ0n) is 24.1. The normalized spacial score (nSPS) is 12.7. The van der Waals surface area contributed by atoms with E-state index in [4.69, 9.17) is 16.3 Å². The molecule has 0 saturated heterocycles. The monoisotopic (exact) mass is 599 g/mol. The SMILES string of the molecule is CC[C@H](C)NC(=O)[C@H](Cc1ccccc1)N(Cc1ccccc1C)C(=O)CN(c1ccc(OC)c(Cl)c1)S(C)(=O)=O. The van der Waals surface area contributed by atoms with Crippen LogP contribution in [0.4, 0.5) is 5.69 Å². The van der Waals surface area contributed by atoms with Crippen LogP contribution in [-0.4, -0.2) is 57.1 Å². The van der Waals surface area contributed by atoms with Crippen molar-refractivity contribution < 1.29 is 22.7 Å². The van der Waals surface area contributed by atoms with E-state index in [0.717, 1.165) is 33.7 Å². The molecule has 0 fully saturated rings. The third kappa shape index (κ3) is 8.71. The van der Waals surface area contributed by atoms with Gasteiger partial charge in [-0.1, -0.05) is 73.1 Å². The van der Waals surface area contributed by atoms with Gasteiger partial charge in [0.2, 0.25) is 21.8 Å². The van der Waals surface area contributed by atoms with Crippen LogP contribution in [0.5, 0.6) is 5.75 Å². The fraction of sp³-hybridized carbons (Fsp3) is 0.355. The van der Waals surface area contributed by atoms with E-state index >= 15 is 0 Å². The molecule has 3 aromatic rings. The van der Waals surface area contributed by atoms with Crippen molar-refractivity contribution in [2.75, 3.05) is 24.2 Å². The number of carbonyl (C=O) groups is 2. The van der Waals surface area contributed by atoms with Gasteiger partial charge in [-0.3, -0.25) is 13.9 Å². The summed E-state index contributed by atoms with van der Waals surface area (Å²) in [6.45, 7) is 5.42. The number of amides is 2. The number of nitrogens with zero attached hydrogens (tertiary/aromatic N) is 2. The average Bonchev–Trinajstić information content (AvgIpc) is 2.94. The molecule has 1 N–H and O–H groups in total. The number of aryl methyl sites for hydroxylation is 1. The number of carbonyl (C=O) groups excluding carboxylic acids is 2. The van der Waals surface area contributed by atoms with Gasteiger partial charge in [0.1, 0.15) is 18.3 Å². The van der Waals surface area contributed by atoms with Crippen molar-refractivity contribution in [3.63, 3.8) is 0 Å². The van der Waals surface area contributed by atoms with Crippen LogP contribution in [0.1, 0.15) is 37.0 Å². The third-order valence-electron chi connectivity index (χ3n) is 6.98. The van der Waals surface area contributed by atoms with Crippen LogP contribution in [0, 0.1) is 6.92 Å². The molecule has 220 valence electrons. The number of sulfonamides is 1. The van der Waals surface area contributed by atoms with Crippen molar-refractivity contribution in [3.05, 3.63) is 94.5 Å².